The first-order chi connectivity index (χ1) is 12.6. The van der Waals surface area contributed by atoms with Gasteiger partial charge in [0.2, 0.25) is 0 Å². The Morgan fingerprint density at radius 2 is 1.96 bits per heavy atom. The molecule has 0 amide bonds. The number of aromatic nitrogens is 3. The van der Waals surface area contributed by atoms with Gasteiger partial charge < -0.3 is 4.98 Å². The highest BCUT2D eigenvalue weighted by Crippen LogP contribution is 2.34. The second kappa shape index (κ2) is 6.10. The zero-order valence-electron chi connectivity index (χ0n) is 13.7. The first-order valence-electron chi connectivity index (χ1n) is 8.22. The smallest absolute Gasteiger partial charge is 0.316 e. The number of nitrogens with zero attached hydrogens (tertiary/aromatic N) is 3. The quantitative estimate of drug-likeness (QED) is 0.420. The van der Waals surface area contributed by atoms with Crippen LogP contribution in [0.25, 0.3) is 11.0 Å². The molecule has 4 rings (SSSR count). The van der Waals surface area contributed by atoms with Crippen LogP contribution in [0.15, 0.2) is 40.1 Å². The van der Waals surface area contributed by atoms with Gasteiger partial charge in [-0.05, 0) is 43.4 Å². The molecule has 132 valence electrons. The number of pyridine rings is 1. The van der Waals surface area contributed by atoms with Crippen molar-refractivity contribution in [3.8, 4) is 0 Å². The van der Waals surface area contributed by atoms with Crippen LogP contribution in [0.2, 0.25) is 0 Å². The number of nitro benzene ring substituents is 1. The van der Waals surface area contributed by atoms with E-state index in [1.165, 1.54) is 12.3 Å². The monoisotopic (exact) mass is 353 g/mol. The Hall–Kier alpha value is -3.49. The van der Waals surface area contributed by atoms with Gasteiger partial charge in [-0.3, -0.25) is 25.1 Å². The van der Waals surface area contributed by atoms with Crippen molar-refractivity contribution >= 4 is 22.5 Å². The molecular weight excluding hydrogens is 338 g/mol. The lowest BCUT2D eigenvalue weighted by Crippen LogP contribution is -2.40. The third kappa shape index (κ3) is 2.53. The fraction of sp³-hybridized carbons (Fsp3) is 0.235. The molecule has 2 heterocycles. The van der Waals surface area contributed by atoms with E-state index >= 15 is 0 Å². The largest absolute Gasteiger partial charge is 0.335 e. The van der Waals surface area contributed by atoms with E-state index in [1.807, 2.05) is 0 Å². The van der Waals surface area contributed by atoms with E-state index < -0.39 is 16.0 Å². The summed E-state index contributed by atoms with van der Waals surface area (Å²) < 4.78 is 1.03. The minimum atomic E-state index is -0.854. The van der Waals surface area contributed by atoms with Crippen molar-refractivity contribution in [1.29, 1.82) is 0 Å². The Bertz CT molecular complexity index is 1130. The Morgan fingerprint density at radius 3 is 2.65 bits per heavy atom. The van der Waals surface area contributed by atoms with Crippen molar-refractivity contribution in [3.05, 3.63) is 72.4 Å². The predicted octanol–water partition coefficient (Wildman–Crippen LogP) is 1.75. The van der Waals surface area contributed by atoms with Gasteiger partial charge in [0.05, 0.1) is 16.0 Å². The number of aromatic amines is 1. The molecule has 0 radical (unpaired) electrons. The summed E-state index contributed by atoms with van der Waals surface area (Å²) in [5.41, 5.74) is 3.18. The SMILES string of the molecule is O=c1[nH]c2c3c(c([N+](=O)[O-])cc2n(Nc2ccccn2)c1=O)CCCC3. The van der Waals surface area contributed by atoms with Crippen LogP contribution in [0.4, 0.5) is 11.5 Å². The maximum absolute atomic E-state index is 12.4. The van der Waals surface area contributed by atoms with Crippen LogP contribution < -0.4 is 16.5 Å². The van der Waals surface area contributed by atoms with Crippen LogP contribution in [0.3, 0.4) is 0 Å². The van der Waals surface area contributed by atoms with Crippen LogP contribution in [-0.2, 0) is 12.8 Å². The van der Waals surface area contributed by atoms with Crippen molar-refractivity contribution in [2.75, 3.05) is 5.43 Å². The normalized spacial score (nSPS) is 13.4. The molecule has 1 aromatic carbocycles. The molecule has 0 unspecified atom stereocenters. The van der Waals surface area contributed by atoms with Gasteiger partial charge in [-0.2, -0.15) is 0 Å². The van der Waals surface area contributed by atoms with Crippen molar-refractivity contribution < 1.29 is 4.92 Å². The summed E-state index contributed by atoms with van der Waals surface area (Å²) in [6.07, 6.45) is 4.46. The Labute approximate surface area is 146 Å². The van der Waals surface area contributed by atoms with E-state index in [4.69, 9.17) is 0 Å². The second-order valence-electron chi connectivity index (χ2n) is 6.13. The molecule has 0 spiro atoms. The number of benzene rings is 1. The van der Waals surface area contributed by atoms with Gasteiger partial charge in [0.1, 0.15) is 5.82 Å². The molecule has 1 aliphatic rings. The highest BCUT2D eigenvalue weighted by atomic mass is 16.6. The van der Waals surface area contributed by atoms with Crippen LogP contribution >= 0.6 is 0 Å². The van der Waals surface area contributed by atoms with E-state index in [0.717, 1.165) is 23.1 Å². The number of rotatable bonds is 3. The topological polar surface area (TPSA) is 123 Å². The molecule has 0 aliphatic heterocycles. The van der Waals surface area contributed by atoms with Crippen molar-refractivity contribution in [2.45, 2.75) is 25.7 Å². The summed E-state index contributed by atoms with van der Waals surface area (Å²) in [5, 5.41) is 11.6. The highest BCUT2D eigenvalue weighted by molar-refractivity contribution is 5.84. The summed E-state index contributed by atoms with van der Waals surface area (Å²) in [6, 6.07) is 6.41. The number of hydrogen-bond donors (Lipinski definition) is 2. The van der Waals surface area contributed by atoms with Gasteiger partial charge in [0, 0.05) is 17.8 Å². The maximum atomic E-state index is 12.4. The number of nitrogens with one attached hydrogen (secondary N) is 2. The molecule has 9 nitrogen and oxygen atoms in total. The van der Waals surface area contributed by atoms with E-state index in [0.29, 0.717) is 29.7 Å². The average Bonchev–Trinajstić information content (AvgIpc) is 2.65. The number of aryl methyl sites for hydroxylation is 1. The van der Waals surface area contributed by atoms with Crippen LogP contribution in [0, 0.1) is 10.1 Å². The molecule has 0 saturated carbocycles. The third-order valence-corrected chi connectivity index (χ3v) is 4.57. The number of hydrogen-bond acceptors (Lipinski definition) is 6. The maximum Gasteiger partial charge on any atom is 0.335 e. The Balaban J connectivity index is 2.06. The minimum absolute atomic E-state index is 0.0322. The highest BCUT2D eigenvalue weighted by Gasteiger charge is 2.26. The Kier molecular flexibility index (Phi) is 3.76. The second-order valence-corrected chi connectivity index (χ2v) is 6.13. The summed E-state index contributed by atoms with van der Waals surface area (Å²) in [6.45, 7) is 0. The van der Waals surface area contributed by atoms with Crippen LogP contribution in [-0.4, -0.2) is 19.6 Å². The summed E-state index contributed by atoms with van der Waals surface area (Å²) >= 11 is 0. The van der Waals surface area contributed by atoms with E-state index in [1.54, 1.807) is 18.2 Å². The summed E-state index contributed by atoms with van der Waals surface area (Å²) in [7, 11) is 0. The molecule has 0 atom stereocenters. The molecule has 1 aliphatic carbocycles. The molecule has 2 N–H and O–H groups in total. The fourth-order valence-corrected chi connectivity index (χ4v) is 3.42. The molecule has 0 bridgehead atoms. The van der Waals surface area contributed by atoms with Gasteiger partial charge in [-0.1, -0.05) is 6.07 Å². The first kappa shape index (κ1) is 16.0. The predicted molar refractivity (Wildman–Crippen MR) is 95.4 cm³/mol. The molecule has 0 fully saturated rings. The molecule has 3 aromatic rings. The van der Waals surface area contributed by atoms with Crippen molar-refractivity contribution in [1.82, 2.24) is 14.6 Å². The first-order valence-corrected chi connectivity index (χ1v) is 8.22. The van der Waals surface area contributed by atoms with Gasteiger partial charge >= 0.3 is 11.1 Å². The van der Waals surface area contributed by atoms with Gasteiger partial charge in [0.25, 0.3) is 5.69 Å². The van der Waals surface area contributed by atoms with E-state index in [9.17, 15) is 19.7 Å². The molecule has 2 aromatic heterocycles. The number of anilines is 1. The number of fused-ring (bicyclic) bond motifs is 3. The number of nitro groups is 1. The lowest BCUT2D eigenvalue weighted by atomic mass is 9.89. The lowest BCUT2D eigenvalue weighted by Gasteiger charge is -2.19. The van der Waals surface area contributed by atoms with Crippen molar-refractivity contribution in [2.24, 2.45) is 0 Å². The van der Waals surface area contributed by atoms with E-state index in [-0.39, 0.29) is 11.2 Å². The third-order valence-electron chi connectivity index (χ3n) is 4.57. The molecule has 9 heteroatoms. The number of H-pyrrole nitrogens is 1. The lowest BCUT2D eigenvalue weighted by molar-refractivity contribution is -0.385. The van der Waals surface area contributed by atoms with Crippen LogP contribution in [0.1, 0.15) is 24.0 Å². The summed E-state index contributed by atoms with van der Waals surface area (Å²) in [4.78, 5) is 42.4. The molecule has 26 heavy (non-hydrogen) atoms. The minimum Gasteiger partial charge on any atom is -0.316 e. The molecular formula is C17H15N5O4. The van der Waals surface area contributed by atoms with E-state index in [2.05, 4.69) is 15.4 Å². The van der Waals surface area contributed by atoms with Crippen molar-refractivity contribution in [3.63, 3.8) is 0 Å². The van der Waals surface area contributed by atoms with Crippen LogP contribution in [0.5, 0.6) is 0 Å². The standard InChI is InChI=1S/C17H15N5O4/c23-16-17(24)21(20-14-7-3-4-8-18-14)13-9-12(22(25)26)10-5-1-2-6-11(10)15(13)19-16/h3-4,7-9H,1-2,5-6H2,(H,18,20)(H,19,23). The fourth-order valence-electron chi connectivity index (χ4n) is 3.42. The van der Waals surface area contributed by atoms with Gasteiger partial charge in [-0.15, -0.1) is 0 Å². The van der Waals surface area contributed by atoms with Gasteiger partial charge in [-0.25, -0.2) is 9.66 Å². The zero-order valence-corrected chi connectivity index (χ0v) is 13.7. The summed E-state index contributed by atoms with van der Waals surface area (Å²) in [5.74, 6) is 0.349. The average molecular weight is 353 g/mol. The Morgan fingerprint density at radius 1 is 1.19 bits per heavy atom. The van der Waals surface area contributed by atoms with Gasteiger partial charge in [0.15, 0.2) is 0 Å². The zero-order chi connectivity index (χ0) is 18.3. The molecule has 0 saturated heterocycles.